The number of hydrogen-bond acceptors (Lipinski definition) is 2. The van der Waals surface area contributed by atoms with E-state index in [1.165, 1.54) is 9.80 Å². The summed E-state index contributed by atoms with van der Waals surface area (Å²) in [5.41, 5.74) is 3.42. The van der Waals surface area contributed by atoms with Gasteiger partial charge in [0.15, 0.2) is 0 Å². The second kappa shape index (κ2) is 4.33. The molecule has 0 aliphatic carbocycles. The molecule has 0 aromatic heterocycles. The van der Waals surface area contributed by atoms with Gasteiger partial charge in [0.1, 0.15) is 6.54 Å². The van der Waals surface area contributed by atoms with Gasteiger partial charge in [0, 0.05) is 14.1 Å². The smallest absolute Gasteiger partial charge is 0.347 e. The summed E-state index contributed by atoms with van der Waals surface area (Å²) >= 11 is 0. The van der Waals surface area contributed by atoms with Gasteiger partial charge in [-0.05, 0) is 31.0 Å². The molecular weight excluding hydrogens is 230 g/mol. The van der Waals surface area contributed by atoms with Crippen LogP contribution in [0.4, 0.5) is 16.2 Å². The van der Waals surface area contributed by atoms with E-state index in [1.54, 1.807) is 14.1 Å². The Morgan fingerprint density at radius 1 is 1.33 bits per heavy atom. The number of amides is 3. The Hall–Kier alpha value is -2.04. The van der Waals surface area contributed by atoms with Crippen molar-refractivity contribution < 1.29 is 9.59 Å². The Balaban J connectivity index is 2.36. The van der Waals surface area contributed by atoms with Crippen LogP contribution < -0.4 is 10.2 Å². The third kappa shape index (κ3) is 2.03. The molecule has 0 atom stereocenters. The number of anilines is 1. The van der Waals surface area contributed by atoms with Crippen LogP contribution >= 0.6 is 0 Å². The molecule has 3 amide bonds. The topological polar surface area (TPSA) is 54.7 Å². The van der Waals surface area contributed by atoms with E-state index in [-0.39, 0.29) is 18.5 Å². The fraction of sp³-hybridized carbons (Fsp3) is 0.385. The summed E-state index contributed by atoms with van der Waals surface area (Å²) in [6, 6.07) is 3.50. The van der Waals surface area contributed by atoms with Crippen molar-refractivity contribution in [1.29, 1.82) is 0 Å². The van der Waals surface area contributed by atoms with Crippen molar-refractivity contribution in [3.8, 4) is 0 Å². The summed E-state index contributed by atoms with van der Waals surface area (Å²) in [7, 11) is 3.34. The highest BCUT2D eigenvalue weighted by Crippen LogP contribution is 2.36. The third-order valence-corrected chi connectivity index (χ3v) is 2.95. The zero-order chi connectivity index (χ0) is 13.4. The van der Waals surface area contributed by atoms with Gasteiger partial charge in [0.05, 0.1) is 11.4 Å². The fourth-order valence-corrected chi connectivity index (χ4v) is 1.98. The largest absolute Gasteiger partial charge is 0.349 e. The lowest BCUT2D eigenvalue weighted by Gasteiger charge is -2.18. The molecule has 1 heterocycles. The Bertz CT molecular complexity index is 523. The molecule has 0 saturated heterocycles. The lowest BCUT2D eigenvalue weighted by molar-refractivity contribution is -0.127. The Morgan fingerprint density at radius 3 is 2.61 bits per heavy atom. The highest BCUT2D eigenvalue weighted by molar-refractivity contribution is 6.08. The van der Waals surface area contributed by atoms with Gasteiger partial charge in [-0.2, -0.15) is 5.32 Å². The molecule has 0 bridgehead atoms. The van der Waals surface area contributed by atoms with Crippen LogP contribution in [0.25, 0.3) is 0 Å². The van der Waals surface area contributed by atoms with E-state index in [4.69, 9.17) is 0 Å². The van der Waals surface area contributed by atoms with E-state index in [0.717, 1.165) is 16.8 Å². The number of urea groups is 1. The first-order chi connectivity index (χ1) is 8.40. The van der Waals surface area contributed by atoms with Crippen LogP contribution in [0.1, 0.15) is 11.1 Å². The maximum atomic E-state index is 11.8. The molecule has 1 aliphatic rings. The molecule has 0 saturated carbocycles. The van der Waals surface area contributed by atoms with Crippen LogP contribution in [0.5, 0.6) is 0 Å². The molecule has 1 aromatic rings. The minimum Gasteiger partial charge on any atom is -0.347 e. The third-order valence-electron chi connectivity index (χ3n) is 2.95. The van der Waals surface area contributed by atoms with Crippen LogP contribution in [0.3, 0.4) is 0 Å². The summed E-state index contributed by atoms with van der Waals surface area (Å²) in [5.74, 6) is -0.120. The molecule has 0 spiro atoms. The first-order valence-electron chi connectivity index (χ1n) is 5.75. The minimum atomic E-state index is -0.367. The van der Waals surface area contributed by atoms with Crippen LogP contribution in [0.2, 0.25) is 0 Å². The van der Waals surface area contributed by atoms with Gasteiger partial charge in [-0.1, -0.05) is 6.07 Å². The number of nitrogens with zero attached hydrogens (tertiary/aromatic N) is 3. The van der Waals surface area contributed by atoms with Crippen LogP contribution in [-0.2, 0) is 4.79 Å². The molecule has 1 aromatic carbocycles. The molecule has 1 aliphatic heterocycles. The number of aryl methyl sites for hydroxylation is 2. The average molecular weight is 246 g/mol. The van der Waals surface area contributed by atoms with Crippen LogP contribution in [0, 0.1) is 13.8 Å². The van der Waals surface area contributed by atoms with E-state index < -0.39 is 0 Å². The Morgan fingerprint density at radius 2 is 2.00 bits per heavy atom. The Labute approximate surface area is 106 Å². The van der Waals surface area contributed by atoms with Crippen molar-refractivity contribution in [3.05, 3.63) is 23.3 Å². The number of carbonyl (C=O) groups is 2. The van der Waals surface area contributed by atoms with Gasteiger partial charge in [-0.15, -0.1) is 0 Å². The molecule has 2 rings (SSSR count). The van der Waals surface area contributed by atoms with E-state index in [9.17, 15) is 9.59 Å². The number of rotatable bonds is 2. The van der Waals surface area contributed by atoms with Gasteiger partial charge in [-0.3, -0.25) is 9.69 Å². The highest BCUT2D eigenvalue weighted by atomic mass is 16.2. The lowest BCUT2D eigenvalue weighted by atomic mass is 10.1. The van der Waals surface area contributed by atoms with Crippen molar-refractivity contribution in [2.45, 2.75) is 13.8 Å². The van der Waals surface area contributed by atoms with Gasteiger partial charge in [0.25, 0.3) is 0 Å². The molecule has 0 unspecified atom stereocenters. The van der Waals surface area contributed by atoms with Crippen LogP contribution in [0.15, 0.2) is 12.1 Å². The molecule has 18 heavy (non-hydrogen) atoms. The van der Waals surface area contributed by atoms with Crippen molar-refractivity contribution in [2.75, 3.05) is 25.5 Å². The SMILES string of the molecule is Cc1cc(C)c2c(c1)N(CC(=O)N(C)C)C(=O)[N]2. The molecule has 5 nitrogen and oxygen atoms in total. The lowest BCUT2D eigenvalue weighted by Crippen LogP contribution is -2.38. The first kappa shape index (κ1) is 12.4. The number of benzene rings is 1. The standard InChI is InChI=1S/C13H16N3O2/c1-8-5-9(2)12-10(6-8)16(13(18)14-12)7-11(17)15(3)4/h5-6H,7H2,1-4H3. The van der Waals surface area contributed by atoms with E-state index in [1.807, 2.05) is 26.0 Å². The number of hydrogen-bond donors (Lipinski definition) is 0. The van der Waals surface area contributed by atoms with Crippen molar-refractivity contribution in [3.63, 3.8) is 0 Å². The van der Waals surface area contributed by atoms with E-state index in [0.29, 0.717) is 5.69 Å². The quantitative estimate of drug-likeness (QED) is 0.795. The van der Waals surface area contributed by atoms with Crippen molar-refractivity contribution >= 4 is 23.3 Å². The summed E-state index contributed by atoms with van der Waals surface area (Å²) in [6.45, 7) is 3.91. The second-order valence-corrected chi connectivity index (χ2v) is 4.72. The van der Waals surface area contributed by atoms with Gasteiger partial charge in [0.2, 0.25) is 5.91 Å². The highest BCUT2D eigenvalue weighted by Gasteiger charge is 2.32. The van der Waals surface area contributed by atoms with Crippen LogP contribution in [-0.4, -0.2) is 37.5 Å². The summed E-state index contributed by atoms with van der Waals surface area (Å²) < 4.78 is 0. The second-order valence-electron chi connectivity index (χ2n) is 4.72. The molecule has 1 radical (unpaired) electrons. The van der Waals surface area contributed by atoms with Crippen molar-refractivity contribution in [2.24, 2.45) is 0 Å². The van der Waals surface area contributed by atoms with E-state index in [2.05, 4.69) is 5.32 Å². The van der Waals surface area contributed by atoms with Gasteiger partial charge < -0.3 is 4.90 Å². The number of carbonyl (C=O) groups excluding carboxylic acids is 2. The number of fused-ring (bicyclic) bond motifs is 1. The van der Waals surface area contributed by atoms with E-state index >= 15 is 0 Å². The van der Waals surface area contributed by atoms with Gasteiger partial charge >= 0.3 is 6.03 Å². The zero-order valence-corrected chi connectivity index (χ0v) is 11.0. The molecule has 0 N–H and O–H groups in total. The maximum absolute atomic E-state index is 11.8. The maximum Gasteiger partial charge on any atom is 0.349 e. The zero-order valence-electron chi connectivity index (χ0n) is 11.0. The minimum absolute atomic E-state index is 0.0330. The summed E-state index contributed by atoms with van der Waals surface area (Å²) in [6.07, 6.45) is 0. The molecule has 95 valence electrons. The average Bonchev–Trinajstić information content (AvgIpc) is 2.57. The summed E-state index contributed by atoms with van der Waals surface area (Å²) in [5, 5.41) is 4.00. The Kier molecular flexibility index (Phi) is 2.98. The van der Waals surface area contributed by atoms with Gasteiger partial charge in [-0.25, -0.2) is 4.79 Å². The predicted octanol–water partition coefficient (Wildman–Crippen LogP) is 1.57. The monoisotopic (exact) mass is 246 g/mol. The molecular formula is C13H16N3O2. The van der Waals surface area contributed by atoms with Crippen molar-refractivity contribution in [1.82, 2.24) is 10.2 Å². The number of likely N-dealkylation sites (N-methyl/N-ethyl adjacent to an activating group) is 1. The molecule has 5 heteroatoms. The fourth-order valence-electron chi connectivity index (χ4n) is 1.98. The molecule has 0 fully saturated rings. The first-order valence-corrected chi connectivity index (χ1v) is 5.75. The summed E-state index contributed by atoms with van der Waals surface area (Å²) in [4.78, 5) is 26.5. The normalized spacial score (nSPS) is 13.3. The predicted molar refractivity (Wildman–Crippen MR) is 69.1 cm³/mol.